The molecule has 0 atom stereocenters. The van der Waals surface area contributed by atoms with Crippen LogP contribution < -0.4 is 0 Å². The lowest BCUT2D eigenvalue weighted by Crippen LogP contribution is -1.74. The lowest BCUT2D eigenvalue weighted by molar-refractivity contribution is 0.368. The van der Waals surface area contributed by atoms with Gasteiger partial charge in [0.2, 0.25) is 5.75 Å². The van der Waals surface area contributed by atoms with Crippen LogP contribution in [0.5, 0.6) is 17.2 Å². The van der Waals surface area contributed by atoms with E-state index in [1.807, 2.05) is 0 Å². The first-order valence-corrected chi connectivity index (χ1v) is 3.38. The molecule has 0 aliphatic heterocycles. The Morgan fingerprint density at radius 3 is 2.09 bits per heavy atom. The molecule has 3 nitrogen and oxygen atoms in total. The van der Waals surface area contributed by atoms with Gasteiger partial charge in [-0.1, -0.05) is 23.2 Å². The summed E-state index contributed by atoms with van der Waals surface area (Å²) in [7, 11) is 0. The van der Waals surface area contributed by atoms with E-state index in [9.17, 15) is 0 Å². The van der Waals surface area contributed by atoms with Gasteiger partial charge in [0, 0.05) is 6.07 Å². The Labute approximate surface area is 72.4 Å². The number of rotatable bonds is 0. The fourth-order valence-corrected chi connectivity index (χ4v) is 0.927. The van der Waals surface area contributed by atoms with Crippen molar-refractivity contribution in [3.63, 3.8) is 0 Å². The molecule has 3 N–H and O–H groups in total. The summed E-state index contributed by atoms with van der Waals surface area (Å²) in [6, 6.07) is 1.04. The Balaban J connectivity index is 3.46. The minimum Gasteiger partial charge on any atom is -0.504 e. The Bertz CT molecular complexity index is 272. The molecule has 0 aliphatic rings. The van der Waals surface area contributed by atoms with E-state index in [1.165, 1.54) is 0 Å². The molecule has 0 fully saturated rings. The largest absolute Gasteiger partial charge is 0.504 e. The fourth-order valence-electron chi connectivity index (χ4n) is 0.590. The van der Waals surface area contributed by atoms with Gasteiger partial charge in [-0.15, -0.1) is 0 Å². The van der Waals surface area contributed by atoms with Crippen LogP contribution in [0.4, 0.5) is 0 Å². The molecular formula is C6H4Cl2O3. The van der Waals surface area contributed by atoms with Gasteiger partial charge >= 0.3 is 0 Å². The van der Waals surface area contributed by atoms with Gasteiger partial charge < -0.3 is 15.3 Å². The number of benzene rings is 1. The van der Waals surface area contributed by atoms with Crippen molar-refractivity contribution in [1.82, 2.24) is 0 Å². The molecule has 1 aromatic carbocycles. The van der Waals surface area contributed by atoms with Gasteiger partial charge in [0.25, 0.3) is 0 Å². The van der Waals surface area contributed by atoms with Crippen LogP contribution in [0.2, 0.25) is 10.0 Å². The van der Waals surface area contributed by atoms with E-state index in [2.05, 4.69) is 0 Å². The highest BCUT2D eigenvalue weighted by atomic mass is 35.5. The van der Waals surface area contributed by atoms with E-state index in [1.54, 1.807) is 0 Å². The second-order valence-electron chi connectivity index (χ2n) is 1.89. The van der Waals surface area contributed by atoms with Crippen molar-refractivity contribution in [2.24, 2.45) is 0 Å². The molecule has 0 radical (unpaired) electrons. The van der Waals surface area contributed by atoms with Gasteiger partial charge in [0.05, 0.1) is 5.02 Å². The second-order valence-corrected chi connectivity index (χ2v) is 2.67. The topological polar surface area (TPSA) is 60.7 Å². The number of hydrogen-bond acceptors (Lipinski definition) is 3. The van der Waals surface area contributed by atoms with Crippen LogP contribution in [0, 0.1) is 0 Å². The first kappa shape index (κ1) is 8.30. The highest BCUT2D eigenvalue weighted by Gasteiger charge is 2.13. The van der Waals surface area contributed by atoms with Crippen LogP contribution >= 0.6 is 23.2 Å². The molecule has 0 amide bonds. The minimum absolute atomic E-state index is 0.0144. The van der Waals surface area contributed by atoms with E-state index >= 15 is 0 Å². The average molecular weight is 195 g/mol. The Kier molecular flexibility index (Phi) is 2.02. The average Bonchev–Trinajstić information content (AvgIpc) is 1.97. The van der Waals surface area contributed by atoms with Crippen LogP contribution in [0.25, 0.3) is 0 Å². The molecule has 0 spiro atoms. The number of aromatic hydroxyl groups is 3. The maximum Gasteiger partial charge on any atom is 0.201 e. The van der Waals surface area contributed by atoms with Gasteiger partial charge in [-0.2, -0.15) is 0 Å². The van der Waals surface area contributed by atoms with Crippen molar-refractivity contribution >= 4 is 23.2 Å². The first-order chi connectivity index (χ1) is 5.04. The Morgan fingerprint density at radius 1 is 1.00 bits per heavy atom. The maximum absolute atomic E-state index is 8.94. The van der Waals surface area contributed by atoms with Crippen LogP contribution in [0.15, 0.2) is 6.07 Å². The van der Waals surface area contributed by atoms with Crippen molar-refractivity contribution in [2.45, 2.75) is 0 Å². The van der Waals surface area contributed by atoms with Crippen LogP contribution in [-0.4, -0.2) is 15.3 Å². The van der Waals surface area contributed by atoms with E-state index in [0.717, 1.165) is 6.07 Å². The number of phenolic OH excluding ortho intramolecular Hbond substituents is 3. The molecule has 60 valence electrons. The highest BCUT2D eigenvalue weighted by molar-refractivity contribution is 6.43. The molecule has 0 saturated carbocycles. The zero-order chi connectivity index (χ0) is 8.59. The van der Waals surface area contributed by atoms with Crippen LogP contribution in [0.3, 0.4) is 0 Å². The zero-order valence-corrected chi connectivity index (χ0v) is 6.69. The first-order valence-electron chi connectivity index (χ1n) is 2.63. The van der Waals surface area contributed by atoms with Crippen molar-refractivity contribution < 1.29 is 15.3 Å². The molecule has 0 saturated heterocycles. The van der Waals surface area contributed by atoms with Gasteiger partial charge in [-0.05, 0) is 0 Å². The van der Waals surface area contributed by atoms with Gasteiger partial charge in [-0.3, -0.25) is 0 Å². The zero-order valence-electron chi connectivity index (χ0n) is 5.17. The minimum atomic E-state index is -0.667. The predicted octanol–water partition coefficient (Wildman–Crippen LogP) is 2.11. The molecule has 1 rings (SSSR count). The third-order valence-corrected chi connectivity index (χ3v) is 1.93. The highest BCUT2D eigenvalue weighted by Crippen LogP contribution is 2.44. The van der Waals surface area contributed by atoms with E-state index in [0.29, 0.717) is 0 Å². The quantitative estimate of drug-likeness (QED) is 0.555. The predicted molar refractivity (Wildman–Crippen MR) is 41.5 cm³/mol. The summed E-state index contributed by atoms with van der Waals surface area (Å²) in [5, 5.41) is 26.5. The summed E-state index contributed by atoms with van der Waals surface area (Å²) in [4.78, 5) is 0. The Morgan fingerprint density at radius 2 is 1.55 bits per heavy atom. The fraction of sp³-hybridized carbons (Fsp3) is 0. The molecule has 0 aliphatic carbocycles. The molecule has 0 bridgehead atoms. The van der Waals surface area contributed by atoms with Crippen molar-refractivity contribution in [1.29, 1.82) is 0 Å². The van der Waals surface area contributed by atoms with E-state index in [-0.39, 0.29) is 10.0 Å². The summed E-state index contributed by atoms with van der Waals surface area (Å²) in [5.74, 6) is -1.78. The molecule has 11 heavy (non-hydrogen) atoms. The van der Waals surface area contributed by atoms with Crippen LogP contribution in [-0.2, 0) is 0 Å². The summed E-state index contributed by atoms with van der Waals surface area (Å²) in [6.07, 6.45) is 0. The monoisotopic (exact) mass is 194 g/mol. The summed E-state index contributed by atoms with van der Waals surface area (Å²) in [6.45, 7) is 0. The lowest BCUT2D eigenvalue weighted by Gasteiger charge is -2.03. The number of hydrogen-bond donors (Lipinski definition) is 3. The van der Waals surface area contributed by atoms with Gasteiger partial charge in [0.1, 0.15) is 5.02 Å². The lowest BCUT2D eigenvalue weighted by atomic mass is 10.3. The summed E-state index contributed by atoms with van der Waals surface area (Å²) < 4.78 is 0. The van der Waals surface area contributed by atoms with Crippen LogP contribution in [0.1, 0.15) is 0 Å². The smallest absolute Gasteiger partial charge is 0.201 e. The molecule has 0 unspecified atom stereocenters. The van der Waals surface area contributed by atoms with E-state index in [4.69, 9.17) is 38.5 Å². The molecular weight excluding hydrogens is 191 g/mol. The second kappa shape index (κ2) is 2.68. The van der Waals surface area contributed by atoms with Crippen molar-refractivity contribution in [3.8, 4) is 17.2 Å². The third kappa shape index (κ3) is 1.29. The summed E-state index contributed by atoms with van der Waals surface area (Å²) in [5.41, 5.74) is 0. The van der Waals surface area contributed by atoms with Gasteiger partial charge in [-0.25, -0.2) is 0 Å². The normalized spacial score (nSPS) is 10.0. The van der Waals surface area contributed by atoms with Crippen molar-refractivity contribution in [3.05, 3.63) is 16.1 Å². The Hall–Kier alpha value is -0.800. The SMILES string of the molecule is Oc1cc(Cl)c(Cl)c(O)c1O. The molecule has 1 aromatic rings. The summed E-state index contributed by atoms with van der Waals surface area (Å²) >= 11 is 10.8. The van der Waals surface area contributed by atoms with E-state index < -0.39 is 17.2 Å². The number of phenols is 3. The number of halogens is 2. The molecule has 0 heterocycles. The van der Waals surface area contributed by atoms with Crippen molar-refractivity contribution in [2.75, 3.05) is 0 Å². The standard InChI is InChI=1S/C6H4Cl2O3/c7-2-1-3(9)5(10)6(11)4(2)8/h1,9-11H. The molecule has 5 heteroatoms. The maximum atomic E-state index is 8.94. The molecule has 0 aromatic heterocycles. The van der Waals surface area contributed by atoms with Gasteiger partial charge in [0.15, 0.2) is 11.5 Å². The third-order valence-electron chi connectivity index (χ3n) is 1.15.